The van der Waals surface area contributed by atoms with Crippen molar-refractivity contribution in [3.8, 4) is 0 Å². The molecule has 1 unspecified atom stereocenters. The van der Waals surface area contributed by atoms with Gasteiger partial charge in [0.25, 0.3) is 0 Å². The van der Waals surface area contributed by atoms with Gasteiger partial charge in [-0.1, -0.05) is 19.1 Å². The van der Waals surface area contributed by atoms with E-state index in [-0.39, 0.29) is 15.4 Å². The van der Waals surface area contributed by atoms with Crippen LogP contribution in [0.5, 0.6) is 0 Å². The summed E-state index contributed by atoms with van der Waals surface area (Å²) in [5.41, 5.74) is -0.857. The van der Waals surface area contributed by atoms with E-state index in [4.69, 9.17) is 9.47 Å². The van der Waals surface area contributed by atoms with E-state index in [1.165, 1.54) is 19.2 Å². The van der Waals surface area contributed by atoms with E-state index in [1.807, 2.05) is 0 Å². The number of ether oxygens (including phenoxy) is 2. The summed E-state index contributed by atoms with van der Waals surface area (Å²) in [6.07, 6.45) is -4.18. The summed E-state index contributed by atoms with van der Waals surface area (Å²) in [6.45, 7) is 8.37. The van der Waals surface area contributed by atoms with Gasteiger partial charge in [0.1, 0.15) is 15.5 Å². The average molecular weight is 486 g/mol. The summed E-state index contributed by atoms with van der Waals surface area (Å²) in [4.78, 5) is 38.1. The molecule has 2 aromatic rings. The number of carbonyl (C=O) groups excluding carboxylic acids is 3. The summed E-state index contributed by atoms with van der Waals surface area (Å²) in [7, 11) is 1.18. The van der Waals surface area contributed by atoms with Gasteiger partial charge >= 0.3 is 18.1 Å². The van der Waals surface area contributed by atoms with Gasteiger partial charge in [0.15, 0.2) is 0 Å². The quantitative estimate of drug-likeness (QED) is 0.512. The van der Waals surface area contributed by atoms with Crippen LogP contribution in [-0.2, 0) is 20.4 Å². The van der Waals surface area contributed by atoms with Crippen LogP contribution in [0.4, 0.5) is 18.2 Å². The Labute approximate surface area is 194 Å². The number of hydrogen-bond donors (Lipinski definition) is 1. The highest BCUT2D eigenvalue weighted by atomic mass is 32.1. The van der Waals surface area contributed by atoms with Gasteiger partial charge in [-0.05, 0) is 57.4 Å². The van der Waals surface area contributed by atoms with E-state index in [1.54, 1.807) is 34.6 Å². The van der Waals surface area contributed by atoms with E-state index in [0.717, 1.165) is 23.5 Å². The number of rotatable bonds is 6. The van der Waals surface area contributed by atoms with Crippen LogP contribution in [0.25, 0.3) is 0 Å². The fourth-order valence-corrected chi connectivity index (χ4v) is 4.22. The van der Waals surface area contributed by atoms with Crippen LogP contribution in [0.1, 0.15) is 76.8 Å². The number of anilines is 1. The maximum Gasteiger partial charge on any atom is 0.416 e. The second-order valence-corrected chi connectivity index (χ2v) is 9.34. The highest BCUT2D eigenvalue weighted by molar-refractivity contribution is 7.18. The fourth-order valence-electron chi connectivity index (χ4n) is 3.14. The zero-order valence-corrected chi connectivity index (χ0v) is 20.0. The molecule has 0 aliphatic carbocycles. The monoisotopic (exact) mass is 485 g/mol. The van der Waals surface area contributed by atoms with E-state index in [0.29, 0.717) is 17.5 Å². The molecule has 10 heteroatoms. The number of esters is 2. The first-order chi connectivity index (χ1) is 15.2. The van der Waals surface area contributed by atoms with Gasteiger partial charge < -0.3 is 14.8 Å². The summed E-state index contributed by atoms with van der Waals surface area (Å²) >= 11 is 0.880. The topological polar surface area (TPSA) is 81.7 Å². The van der Waals surface area contributed by atoms with Crippen LogP contribution in [0.3, 0.4) is 0 Å². The molecule has 0 spiro atoms. The first kappa shape index (κ1) is 26.4. The number of alkyl halides is 3. The Morgan fingerprint density at radius 3 is 2.09 bits per heavy atom. The van der Waals surface area contributed by atoms with Crippen LogP contribution >= 0.6 is 11.3 Å². The summed E-state index contributed by atoms with van der Waals surface area (Å²) in [6, 6.07) is 4.34. The number of benzene rings is 1. The van der Waals surface area contributed by atoms with E-state index < -0.39 is 41.1 Å². The van der Waals surface area contributed by atoms with Crippen molar-refractivity contribution in [1.29, 1.82) is 0 Å². The predicted octanol–water partition coefficient (Wildman–Crippen LogP) is 5.95. The van der Waals surface area contributed by atoms with Crippen molar-refractivity contribution in [2.24, 2.45) is 0 Å². The van der Waals surface area contributed by atoms with Gasteiger partial charge in [0.2, 0.25) is 5.91 Å². The van der Waals surface area contributed by atoms with Gasteiger partial charge in [-0.2, -0.15) is 13.2 Å². The molecule has 33 heavy (non-hydrogen) atoms. The number of amides is 1. The minimum absolute atomic E-state index is 0.0268. The zero-order chi connectivity index (χ0) is 25.1. The lowest BCUT2D eigenvalue weighted by molar-refractivity contribution is -0.137. The molecular formula is C23H26F3NO5S. The number of methoxy groups -OCH3 is 1. The first-order valence-electron chi connectivity index (χ1n) is 10.1. The second kappa shape index (κ2) is 9.94. The molecule has 1 amide bonds. The molecule has 0 saturated heterocycles. The smallest absolute Gasteiger partial charge is 0.416 e. The van der Waals surface area contributed by atoms with Crippen LogP contribution in [-0.4, -0.2) is 30.6 Å². The highest BCUT2D eigenvalue weighted by Gasteiger charge is 2.32. The van der Waals surface area contributed by atoms with Crippen molar-refractivity contribution in [3.05, 3.63) is 51.4 Å². The van der Waals surface area contributed by atoms with Crippen LogP contribution in [0.2, 0.25) is 0 Å². The number of nitrogens with one attached hydrogen (secondary N) is 1. The van der Waals surface area contributed by atoms with Crippen molar-refractivity contribution in [1.82, 2.24) is 0 Å². The Morgan fingerprint density at radius 2 is 1.64 bits per heavy atom. The van der Waals surface area contributed by atoms with Crippen LogP contribution < -0.4 is 5.32 Å². The molecule has 0 saturated carbocycles. The molecule has 1 N–H and O–H groups in total. The third kappa shape index (κ3) is 6.34. The molecule has 2 rings (SSSR count). The van der Waals surface area contributed by atoms with Gasteiger partial charge in [-0.25, -0.2) is 9.59 Å². The molecule has 1 atom stereocenters. The largest absolute Gasteiger partial charge is 0.465 e. The Bertz CT molecular complexity index is 1040. The van der Waals surface area contributed by atoms with Gasteiger partial charge in [-0.15, -0.1) is 11.3 Å². The Morgan fingerprint density at radius 1 is 1.06 bits per heavy atom. The third-order valence-corrected chi connectivity index (χ3v) is 5.91. The third-order valence-electron chi connectivity index (χ3n) is 4.72. The maximum absolute atomic E-state index is 13.0. The highest BCUT2D eigenvalue weighted by Crippen LogP contribution is 2.36. The maximum atomic E-state index is 13.0. The van der Waals surface area contributed by atoms with Crippen LogP contribution in [0, 0.1) is 6.92 Å². The standard InChI is InChI=1S/C23H26F3NO5S/c1-7-15(13-8-10-14(11-9-13)23(24,25)26)18(28)27-19-16(20(29)31-6)12(2)17(33-19)21(30)32-22(3,4)5/h8-11,15H,7H2,1-6H3,(H,27,28). The molecule has 6 nitrogen and oxygen atoms in total. The molecule has 1 heterocycles. The fraction of sp³-hybridized carbons (Fsp3) is 0.435. The van der Waals surface area contributed by atoms with Crippen molar-refractivity contribution in [2.45, 2.75) is 58.7 Å². The van der Waals surface area contributed by atoms with E-state index in [9.17, 15) is 27.6 Å². The molecule has 0 aliphatic rings. The minimum atomic E-state index is -4.48. The van der Waals surface area contributed by atoms with Gasteiger partial charge in [-0.3, -0.25) is 4.79 Å². The number of thiophene rings is 1. The molecule has 0 bridgehead atoms. The van der Waals surface area contributed by atoms with Crippen LogP contribution in [0.15, 0.2) is 24.3 Å². The Balaban J connectivity index is 2.39. The first-order valence-corrected chi connectivity index (χ1v) is 10.9. The average Bonchev–Trinajstić information content (AvgIpc) is 3.02. The molecule has 180 valence electrons. The second-order valence-electron chi connectivity index (χ2n) is 8.32. The lowest BCUT2D eigenvalue weighted by Crippen LogP contribution is -2.23. The minimum Gasteiger partial charge on any atom is -0.465 e. The van der Waals surface area contributed by atoms with Crippen molar-refractivity contribution in [2.75, 3.05) is 12.4 Å². The lowest BCUT2D eigenvalue weighted by Gasteiger charge is -2.19. The molecule has 0 fully saturated rings. The molecule has 0 aliphatic heterocycles. The van der Waals surface area contributed by atoms with Gasteiger partial charge in [0, 0.05) is 0 Å². The molecule has 1 aromatic heterocycles. The Hall–Kier alpha value is -2.88. The summed E-state index contributed by atoms with van der Waals surface area (Å²) in [5.74, 6) is -2.69. The molecular weight excluding hydrogens is 459 g/mol. The van der Waals surface area contributed by atoms with E-state index >= 15 is 0 Å². The van der Waals surface area contributed by atoms with Gasteiger partial charge in [0.05, 0.1) is 24.2 Å². The number of carbonyl (C=O) groups is 3. The molecule has 0 radical (unpaired) electrons. The zero-order valence-electron chi connectivity index (χ0n) is 19.2. The summed E-state index contributed by atoms with van der Waals surface area (Å²) in [5, 5.41) is 2.75. The van der Waals surface area contributed by atoms with E-state index in [2.05, 4.69) is 5.32 Å². The SMILES string of the molecule is CCC(C(=O)Nc1sc(C(=O)OC(C)(C)C)c(C)c1C(=O)OC)c1ccc(C(F)(F)F)cc1. The summed E-state index contributed by atoms with van der Waals surface area (Å²) < 4.78 is 48.7. The predicted molar refractivity (Wildman–Crippen MR) is 119 cm³/mol. The lowest BCUT2D eigenvalue weighted by atomic mass is 9.94. The number of hydrogen-bond acceptors (Lipinski definition) is 6. The molecule has 1 aromatic carbocycles. The van der Waals surface area contributed by atoms with Crippen molar-refractivity contribution >= 4 is 34.2 Å². The van der Waals surface area contributed by atoms with Crippen molar-refractivity contribution < 1.29 is 37.0 Å². The Kier molecular flexibility index (Phi) is 7.95. The van der Waals surface area contributed by atoms with Crippen molar-refractivity contribution in [3.63, 3.8) is 0 Å². The normalized spacial score (nSPS) is 12.8. The number of halogens is 3.